The topological polar surface area (TPSA) is 58.4 Å². The average Bonchev–Trinajstić information content (AvgIpc) is 2.75. The number of carbonyl (C=O) groups excluding carboxylic acids is 1. The molecule has 0 spiro atoms. The summed E-state index contributed by atoms with van der Waals surface area (Å²) in [4.78, 5) is 18.3. The van der Waals surface area contributed by atoms with E-state index in [0.29, 0.717) is 5.89 Å². The van der Waals surface area contributed by atoms with Gasteiger partial charge in [0.15, 0.2) is 11.5 Å². The first-order chi connectivity index (χ1) is 8.85. The van der Waals surface area contributed by atoms with E-state index in [0.717, 1.165) is 16.8 Å². The third-order valence-corrected chi connectivity index (χ3v) is 3.33. The highest BCUT2D eigenvalue weighted by molar-refractivity contribution is 6.00. The Morgan fingerprint density at radius 2 is 2.11 bits per heavy atom. The zero-order valence-corrected chi connectivity index (χ0v) is 11.9. The predicted octanol–water partition coefficient (Wildman–Crippen LogP) is 2.10. The van der Waals surface area contributed by atoms with Crippen molar-refractivity contribution in [2.45, 2.75) is 26.3 Å². The second kappa shape index (κ2) is 4.66. The van der Waals surface area contributed by atoms with E-state index in [4.69, 9.17) is 4.42 Å². The van der Waals surface area contributed by atoms with Gasteiger partial charge in [0.05, 0.1) is 5.54 Å². The lowest BCUT2D eigenvalue weighted by molar-refractivity contribution is -0.123. The molecule has 0 bridgehead atoms. The van der Waals surface area contributed by atoms with Crippen LogP contribution in [0.4, 0.5) is 5.69 Å². The molecule has 0 unspecified atom stereocenters. The summed E-state index contributed by atoms with van der Waals surface area (Å²) in [5, 5.41) is 3.01. The minimum absolute atomic E-state index is 0.00503. The fourth-order valence-electron chi connectivity index (χ4n) is 1.88. The van der Waals surface area contributed by atoms with Crippen molar-refractivity contribution in [1.29, 1.82) is 0 Å². The molecule has 1 heterocycles. The van der Waals surface area contributed by atoms with Crippen LogP contribution in [-0.2, 0) is 4.79 Å². The summed E-state index contributed by atoms with van der Waals surface area (Å²) in [7, 11) is 3.53. The normalized spacial score (nSPS) is 11.8. The predicted molar refractivity (Wildman–Crippen MR) is 75.3 cm³/mol. The van der Waals surface area contributed by atoms with Crippen LogP contribution in [0.3, 0.4) is 0 Å². The Balaban J connectivity index is 2.35. The van der Waals surface area contributed by atoms with Crippen LogP contribution < -0.4 is 10.2 Å². The van der Waals surface area contributed by atoms with Gasteiger partial charge in [0.1, 0.15) is 5.52 Å². The summed E-state index contributed by atoms with van der Waals surface area (Å²) in [6.07, 6.45) is 0. The van der Waals surface area contributed by atoms with Gasteiger partial charge in [0, 0.05) is 19.7 Å². The zero-order valence-electron chi connectivity index (χ0n) is 11.9. The number of aryl methyl sites for hydroxylation is 1. The van der Waals surface area contributed by atoms with Gasteiger partial charge >= 0.3 is 0 Å². The number of rotatable bonds is 3. The Morgan fingerprint density at radius 1 is 1.42 bits per heavy atom. The van der Waals surface area contributed by atoms with Gasteiger partial charge in [-0.1, -0.05) is 0 Å². The Bertz CT molecular complexity index is 616. The van der Waals surface area contributed by atoms with Crippen molar-refractivity contribution >= 4 is 22.7 Å². The summed E-state index contributed by atoms with van der Waals surface area (Å²) in [5.74, 6) is 0.617. The molecule has 5 heteroatoms. The Hall–Kier alpha value is -1.88. The first-order valence-electron chi connectivity index (χ1n) is 6.19. The molecule has 19 heavy (non-hydrogen) atoms. The van der Waals surface area contributed by atoms with Crippen LogP contribution in [0.2, 0.25) is 0 Å². The number of hydrogen-bond acceptors (Lipinski definition) is 4. The number of nitrogens with one attached hydrogen (secondary N) is 1. The van der Waals surface area contributed by atoms with Crippen molar-refractivity contribution in [3.05, 3.63) is 24.1 Å². The minimum atomic E-state index is -0.608. The fourth-order valence-corrected chi connectivity index (χ4v) is 1.88. The standard InChI is InChI=1S/C14H19N3O2/c1-9-16-11-8-10(6-7-12(11)19-9)17(5)13(18)14(2,3)15-4/h6-8,15H,1-5H3. The monoisotopic (exact) mass is 261 g/mol. The van der Waals surface area contributed by atoms with Crippen molar-refractivity contribution < 1.29 is 9.21 Å². The first kappa shape index (κ1) is 13.5. The van der Waals surface area contributed by atoms with Crippen LogP contribution in [-0.4, -0.2) is 30.5 Å². The largest absolute Gasteiger partial charge is 0.441 e. The summed E-state index contributed by atoms with van der Waals surface area (Å²) >= 11 is 0. The van der Waals surface area contributed by atoms with E-state index in [-0.39, 0.29) is 5.91 Å². The number of anilines is 1. The van der Waals surface area contributed by atoms with Crippen LogP contribution in [0.5, 0.6) is 0 Å². The number of nitrogens with zero attached hydrogens (tertiary/aromatic N) is 2. The van der Waals surface area contributed by atoms with E-state index in [9.17, 15) is 4.79 Å². The number of aromatic nitrogens is 1. The molecule has 1 N–H and O–H groups in total. The molecule has 5 nitrogen and oxygen atoms in total. The molecule has 0 saturated carbocycles. The third-order valence-electron chi connectivity index (χ3n) is 3.33. The molecule has 1 aromatic heterocycles. The Morgan fingerprint density at radius 3 is 2.74 bits per heavy atom. The van der Waals surface area contributed by atoms with E-state index in [1.165, 1.54) is 0 Å². The van der Waals surface area contributed by atoms with Crippen molar-refractivity contribution in [2.75, 3.05) is 19.0 Å². The summed E-state index contributed by atoms with van der Waals surface area (Å²) in [6, 6.07) is 5.55. The Labute approximate surface area is 112 Å². The quantitative estimate of drug-likeness (QED) is 0.919. The van der Waals surface area contributed by atoms with Crippen molar-refractivity contribution in [3.63, 3.8) is 0 Å². The molecule has 102 valence electrons. The van der Waals surface area contributed by atoms with Gasteiger partial charge in [-0.25, -0.2) is 4.98 Å². The van der Waals surface area contributed by atoms with Crippen LogP contribution in [0.15, 0.2) is 22.6 Å². The van der Waals surface area contributed by atoms with Crippen molar-refractivity contribution in [1.82, 2.24) is 10.3 Å². The molecule has 1 aromatic carbocycles. The lowest BCUT2D eigenvalue weighted by atomic mass is 10.0. The number of hydrogen-bond donors (Lipinski definition) is 1. The molecule has 0 saturated heterocycles. The number of carbonyl (C=O) groups is 1. The highest BCUT2D eigenvalue weighted by Gasteiger charge is 2.29. The van der Waals surface area contributed by atoms with Crippen molar-refractivity contribution in [2.24, 2.45) is 0 Å². The molecule has 0 aliphatic carbocycles. The number of oxazole rings is 1. The number of benzene rings is 1. The Kier molecular flexibility index (Phi) is 3.32. The number of fused-ring (bicyclic) bond motifs is 1. The second-order valence-electron chi connectivity index (χ2n) is 5.12. The van der Waals surface area contributed by atoms with Crippen molar-refractivity contribution in [3.8, 4) is 0 Å². The second-order valence-corrected chi connectivity index (χ2v) is 5.12. The maximum Gasteiger partial charge on any atom is 0.246 e. The highest BCUT2D eigenvalue weighted by Crippen LogP contribution is 2.23. The highest BCUT2D eigenvalue weighted by atomic mass is 16.3. The molecule has 0 radical (unpaired) electrons. The molecular formula is C14H19N3O2. The molecule has 0 aliphatic rings. The minimum Gasteiger partial charge on any atom is -0.441 e. The molecule has 0 fully saturated rings. The van der Waals surface area contributed by atoms with E-state index < -0.39 is 5.54 Å². The van der Waals surface area contributed by atoms with Gasteiger partial charge in [-0.3, -0.25) is 4.79 Å². The van der Waals surface area contributed by atoms with Gasteiger partial charge in [-0.15, -0.1) is 0 Å². The molecule has 1 amide bonds. The lowest BCUT2D eigenvalue weighted by Crippen LogP contribution is -2.51. The average molecular weight is 261 g/mol. The third kappa shape index (κ3) is 2.46. The van der Waals surface area contributed by atoms with Gasteiger partial charge in [0.25, 0.3) is 0 Å². The van der Waals surface area contributed by atoms with Gasteiger partial charge in [-0.2, -0.15) is 0 Å². The van der Waals surface area contributed by atoms with Gasteiger partial charge < -0.3 is 14.6 Å². The van der Waals surface area contributed by atoms with Crippen LogP contribution in [0.1, 0.15) is 19.7 Å². The van der Waals surface area contributed by atoms with Crippen LogP contribution in [0.25, 0.3) is 11.1 Å². The summed E-state index contributed by atoms with van der Waals surface area (Å²) in [6.45, 7) is 5.51. The number of amides is 1. The summed E-state index contributed by atoms with van der Waals surface area (Å²) < 4.78 is 5.42. The molecule has 0 atom stereocenters. The molecule has 2 aromatic rings. The molecule has 0 aliphatic heterocycles. The van der Waals surface area contributed by atoms with Crippen LogP contribution in [0, 0.1) is 6.92 Å². The fraction of sp³-hybridized carbons (Fsp3) is 0.429. The number of likely N-dealkylation sites (N-methyl/N-ethyl adjacent to an activating group) is 2. The van der Waals surface area contributed by atoms with E-state index >= 15 is 0 Å². The first-order valence-corrected chi connectivity index (χ1v) is 6.19. The van der Waals surface area contributed by atoms with Gasteiger partial charge in [-0.05, 0) is 39.1 Å². The SMILES string of the molecule is CNC(C)(C)C(=O)N(C)c1ccc2oc(C)nc2c1. The van der Waals surface area contributed by atoms with Gasteiger partial charge in [0.2, 0.25) is 5.91 Å². The zero-order chi connectivity index (χ0) is 14.2. The maximum atomic E-state index is 12.4. The maximum absolute atomic E-state index is 12.4. The smallest absolute Gasteiger partial charge is 0.246 e. The molecular weight excluding hydrogens is 242 g/mol. The van der Waals surface area contributed by atoms with E-state index in [1.807, 2.05) is 32.0 Å². The molecule has 2 rings (SSSR count). The van der Waals surface area contributed by atoms with Crippen LogP contribution >= 0.6 is 0 Å². The van der Waals surface area contributed by atoms with E-state index in [1.54, 1.807) is 25.9 Å². The lowest BCUT2D eigenvalue weighted by Gasteiger charge is -2.29. The summed E-state index contributed by atoms with van der Waals surface area (Å²) in [5.41, 5.74) is 1.68. The van der Waals surface area contributed by atoms with E-state index in [2.05, 4.69) is 10.3 Å².